The highest BCUT2D eigenvalue weighted by Gasteiger charge is 2.36. The van der Waals surface area contributed by atoms with Gasteiger partial charge in [-0.25, -0.2) is 19.7 Å². The molecule has 4 heterocycles. The summed E-state index contributed by atoms with van der Waals surface area (Å²) in [6, 6.07) is 15.8. The van der Waals surface area contributed by atoms with Crippen molar-refractivity contribution in [3.05, 3.63) is 89.5 Å². The number of ether oxygens (including phenoxy) is 2. The average molecular weight is 578 g/mol. The zero-order valence-electron chi connectivity index (χ0n) is 25.3. The second kappa shape index (κ2) is 10.8. The lowest BCUT2D eigenvalue weighted by atomic mass is 9.87. The number of hydrogen-bond donors (Lipinski definition) is 1. The van der Waals surface area contributed by atoms with E-state index in [-0.39, 0.29) is 0 Å². The van der Waals surface area contributed by atoms with Crippen LogP contribution in [0.1, 0.15) is 49.3 Å². The van der Waals surface area contributed by atoms with Crippen LogP contribution in [0.3, 0.4) is 0 Å². The van der Waals surface area contributed by atoms with Crippen LogP contribution in [-0.2, 0) is 16.1 Å². The molecular formula is C34H35N5O4. The van der Waals surface area contributed by atoms with Crippen molar-refractivity contribution in [1.29, 1.82) is 0 Å². The van der Waals surface area contributed by atoms with Crippen molar-refractivity contribution in [3.8, 4) is 22.8 Å². The zero-order valence-corrected chi connectivity index (χ0v) is 25.3. The normalized spacial score (nSPS) is 13.8. The molecule has 3 aromatic heterocycles. The van der Waals surface area contributed by atoms with Crippen LogP contribution in [0.15, 0.2) is 67.1 Å². The number of anilines is 2. The van der Waals surface area contributed by atoms with E-state index in [1.807, 2.05) is 46.8 Å². The van der Waals surface area contributed by atoms with E-state index in [4.69, 9.17) is 9.47 Å². The highest BCUT2D eigenvalue weighted by atomic mass is 16.5. The van der Waals surface area contributed by atoms with Crippen LogP contribution in [0.4, 0.5) is 11.6 Å². The molecule has 0 saturated heterocycles. The highest BCUT2D eigenvalue weighted by Crippen LogP contribution is 2.49. The Bertz CT molecular complexity index is 1810. The summed E-state index contributed by atoms with van der Waals surface area (Å²) in [4.78, 5) is 28.6. The van der Waals surface area contributed by atoms with Crippen molar-refractivity contribution in [3.63, 3.8) is 0 Å². The summed E-state index contributed by atoms with van der Waals surface area (Å²) in [5.74, 6) is 0.391. The first kappa shape index (κ1) is 28.4. The first-order valence-electron chi connectivity index (χ1n) is 14.3. The summed E-state index contributed by atoms with van der Waals surface area (Å²) in [5, 5.41) is 11.6. The van der Waals surface area contributed by atoms with Crippen LogP contribution in [0, 0.1) is 20.8 Å². The van der Waals surface area contributed by atoms with Gasteiger partial charge in [0, 0.05) is 42.0 Å². The number of pyridine rings is 1. The fraction of sp³-hybridized carbons (Fsp3) is 0.294. The summed E-state index contributed by atoms with van der Waals surface area (Å²) >= 11 is 0. The highest BCUT2D eigenvalue weighted by molar-refractivity contribution is 6.08. The summed E-state index contributed by atoms with van der Waals surface area (Å²) < 4.78 is 14.4. The molecule has 9 heteroatoms. The topological polar surface area (TPSA) is 103 Å². The number of benzene rings is 2. The van der Waals surface area contributed by atoms with Crippen LogP contribution in [0.5, 0.6) is 11.6 Å². The number of rotatable bonds is 7. The molecule has 0 amide bonds. The minimum atomic E-state index is -1.19. The summed E-state index contributed by atoms with van der Waals surface area (Å²) in [7, 11) is 0. The van der Waals surface area contributed by atoms with E-state index in [2.05, 4.69) is 61.7 Å². The van der Waals surface area contributed by atoms with Crippen molar-refractivity contribution in [2.75, 3.05) is 11.4 Å². The second-order valence-corrected chi connectivity index (χ2v) is 11.9. The van der Waals surface area contributed by atoms with Gasteiger partial charge in [-0.1, -0.05) is 35.9 Å². The van der Waals surface area contributed by atoms with Gasteiger partial charge in [0.05, 0.1) is 29.2 Å². The van der Waals surface area contributed by atoms with E-state index in [0.717, 1.165) is 51.1 Å². The number of nitrogens with zero attached hydrogens (tertiary/aromatic N) is 5. The van der Waals surface area contributed by atoms with Crippen molar-refractivity contribution in [1.82, 2.24) is 19.5 Å². The summed E-state index contributed by atoms with van der Waals surface area (Å²) in [5.41, 5.74) is 6.70. The molecule has 0 radical (unpaired) electrons. The SMILES string of the molecule is Cc1ccc(-c2c([C@H](OC(C)(C)C)C(=O)O)c(C)c3c4c2cc(C)n4CCN3c2ncc(Oc3ccccn3)cn2)cc1. The zero-order chi connectivity index (χ0) is 30.5. The van der Waals surface area contributed by atoms with Crippen molar-refractivity contribution >= 4 is 28.5 Å². The van der Waals surface area contributed by atoms with Gasteiger partial charge < -0.3 is 24.0 Å². The monoisotopic (exact) mass is 577 g/mol. The Morgan fingerprint density at radius 3 is 2.33 bits per heavy atom. The number of carboxylic acids is 1. The Morgan fingerprint density at radius 2 is 1.70 bits per heavy atom. The fourth-order valence-electron chi connectivity index (χ4n) is 5.87. The van der Waals surface area contributed by atoms with Crippen LogP contribution in [0.2, 0.25) is 0 Å². The van der Waals surface area contributed by atoms with Crippen molar-refractivity contribution < 1.29 is 19.4 Å². The third-order valence-electron chi connectivity index (χ3n) is 7.66. The molecule has 0 saturated carbocycles. The van der Waals surface area contributed by atoms with E-state index in [1.165, 1.54) is 0 Å². The Hall–Kier alpha value is -4.76. The van der Waals surface area contributed by atoms with Crippen LogP contribution < -0.4 is 9.64 Å². The van der Waals surface area contributed by atoms with E-state index < -0.39 is 17.7 Å². The maximum absolute atomic E-state index is 12.9. The Kier molecular flexibility index (Phi) is 7.14. The predicted octanol–water partition coefficient (Wildman–Crippen LogP) is 7.30. The average Bonchev–Trinajstić information content (AvgIpc) is 3.31. The molecule has 0 aliphatic carbocycles. The number of aryl methyl sites for hydroxylation is 2. The molecular weight excluding hydrogens is 542 g/mol. The van der Waals surface area contributed by atoms with Gasteiger partial charge >= 0.3 is 5.97 Å². The van der Waals surface area contributed by atoms with Crippen molar-refractivity contribution in [2.24, 2.45) is 0 Å². The smallest absolute Gasteiger partial charge is 0.337 e. The quantitative estimate of drug-likeness (QED) is 0.215. The molecule has 9 nitrogen and oxygen atoms in total. The maximum Gasteiger partial charge on any atom is 0.337 e. The molecule has 1 N–H and O–H groups in total. The molecule has 2 aromatic carbocycles. The van der Waals surface area contributed by atoms with Gasteiger partial charge in [0.2, 0.25) is 11.8 Å². The largest absolute Gasteiger partial charge is 0.479 e. The third kappa shape index (κ3) is 5.32. The molecule has 0 bridgehead atoms. The van der Waals surface area contributed by atoms with E-state index in [1.54, 1.807) is 24.7 Å². The molecule has 0 spiro atoms. The number of aromatic nitrogens is 4. The van der Waals surface area contributed by atoms with Gasteiger partial charge in [-0.2, -0.15) is 0 Å². The predicted molar refractivity (Wildman–Crippen MR) is 166 cm³/mol. The molecule has 1 atom stereocenters. The minimum absolute atomic E-state index is 0.456. The molecule has 1 aliphatic heterocycles. The molecule has 1 aliphatic rings. The van der Waals surface area contributed by atoms with E-state index >= 15 is 0 Å². The number of carboxylic acid groups (broad SMARTS) is 1. The minimum Gasteiger partial charge on any atom is -0.479 e. The standard InChI is InChI=1S/C34H35N5O4/c1-20-10-12-23(13-11-20)28-25-17-21(2)38-15-16-39(33-36-18-24(19-37-33)42-26-9-7-8-14-35-26)29(30(25)38)22(3)27(28)31(32(40)41)43-34(4,5)6/h7-14,17-19,31H,15-16H2,1-6H3,(H,40,41)/t31-/m0/s1. The Labute approximate surface area is 250 Å². The van der Waals surface area contributed by atoms with Gasteiger partial charge in [-0.3, -0.25) is 0 Å². The van der Waals surface area contributed by atoms with Gasteiger partial charge in [0.25, 0.3) is 0 Å². The Balaban J connectivity index is 1.57. The van der Waals surface area contributed by atoms with Gasteiger partial charge in [-0.05, 0) is 70.4 Å². The molecule has 0 fully saturated rings. The third-order valence-corrected chi connectivity index (χ3v) is 7.66. The molecule has 6 rings (SSSR count). The maximum atomic E-state index is 12.9. The molecule has 0 unspecified atom stereocenters. The van der Waals surface area contributed by atoms with Gasteiger partial charge in [0.1, 0.15) is 0 Å². The van der Waals surface area contributed by atoms with Gasteiger partial charge in [-0.15, -0.1) is 0 Å². The first-order valence-corrected chi connectivity index (χ1v) is 14.3. The van der Waals surface area contributed by atoms with Crippen LogP contribution in [-0.4, -0.2) is 42.7 Å². The number of aliphatic carboxylic acids is 1. The van der Waals surface area contributed by atoms with Crippen LogP contribution in [0.25, 0.3) is 22.0 Å². The Morgan fingerprint density at radius 1 is 0.977 bits per heavy atom. The molecule has 220 valence electrons. The lowest BCUT2D eigenvalue weighted by Gasteiger charge is -2.35. The number of carbonyl (C=O) groups is 1. The number of hydrogen-bond acceptors (Lipinski definition) is 7. The summed E-state index contributed by atoms with van der Waals surface area (Å²) in [6.07, 6.45) is 3.73. The molecule has 5 aromatic rings. The van der Waals surface area contributed by atoms with E-state index in [9.17, 15) is 9.90 Å². The first-order chi connectivity index (χ1) is 20.5. The fourth-order valence-corrected chi connectivity index (χ4v) is 5.87. The lowest BCUT2D eigenvalue weighted by molar-refractivity contribution is -0.160. The van der Waals surface area contributed by atoms with Crippen LogP contribution >= 0.6 is 0 Å². The van der Waals surface area contributed by atoms with E-state index in [0.29, 0.717) is 29.7 Å². The van der Waals surface area contributed by atoms with Crippen molar-refractivity contribution in [2.45, 2.75) is 59.8 Å². The van der Waals surface area contributed by atoms with Gasteiger partial charge in [0.15, 0.2) is 11.9 Å². The summed E-state index contributed by atoms with van der Waals surface area (Å²) in [6.45, 7) is 13.1. The second-order valence-electron chi connectivity index (χ2n) is 11.9. The lowest BCUT2D eigenvalue weighted by Crippen LogP contribution is -2.32. The molecule has 43 heavy (non-hydrogen) atoms.